The fraction of sp³-hybridized carbons (Fsp3) is 0.0192. The number of rotatable bonds is 10. The Morgan fingerprint density at radius 2 is 0.500 bits per heavy atom. The summed E-state index contributed by atoms with van der Waals surface area (Å²) in [6, 6.07) is 139. The Labute approximate surface area is 637 Å². The van der Waals surface area contributed by atoms with Crippen molar-refractivity contribution in [3.8, 4) is 158 Å². The second kappa shape index (κ2) is 25.1. The summed E-state index contributed by atoms with van der Waals surface area (Å²) in [6.45, 7) is 0. The van der Waals surface area contributed by atoms with Crippen LogP contribution in [0, 0.1) is 0 Å². The van der Waals surface area contributed by atoms with Gasteiger partial charge in [0.2, 0.25) is 0 Å². The van der Waals surface area contributed by atoms with E-state index in [4.69, 9.17) is 29.4 Å². The summed E-state index contributed by atoms with van der Waals surface area (Å²) in [5.74, 6) is 4.77. The Hall–Kier alpha value is -14.5. The Morgan fingerprint density at radius 3 is 1.00 bits per heavy atom. The first-order valence-electron chi connectivity index (χ1n) is 37.5. The molecule has 2 aliphatic carbocycles. The van der Waals surface area contributed by atoms with Crippen molar-refractivity contribution in [2.75, 3.05) is 0 Å². The number of nitrogens with zero attached hydrogens (tertiary/aromatic N) is 4. The van der Waals surface area contributed by atoms with Gasteiger partial charge in [-0.3, -0.25) is 0 Å². The lowest BCUT2D eigenvalue weighted by molar-refractivity contribution is 0.438. The number of para-hydroxylation sites is 4. The van der Waals surface area contributed by atoms with Crippen LogP contribution in [0.2, 0.25) is 0 Å². The highest BCUT2D eigenvalue weighted by Crippen LogP contribution is 2.65. The lowest BCUT2D eigenvalue weighted by Gasteiger charge is -2.40. The molecule has 4 aliphatic rings. The summed E-state index contributed by atoms with van der Waals surface area (Å²) < 4.78 is 14.3. The largest absolute Gasteiger partial charge is 0.456 e. The molecule has 0 saturated carbocycles. The van der Waals surface area contributed by atoms with Crippen molar-refractivity contribution in [3.05, 3.63) is 433 Å². The van der Waals surface area contributed by atoms with E-state index < -0.39 is 10.8 Å². The monoisotopic (exact) mass is 1400 g/mol. The van der Waals surface area contributed by atoms with Gasteiger partial charge < -0.3 is 9.47 Å². The number of fused-ring (bicyclic) bond motifs is 19. The van der Waals surface area contributed by atoms with E-state index in [2.05, 4.69) is 352 Å². The normalized spacial score (nSPS) is 14.1. The molecular weight excluding hydrogens is 1340 g/mol. The molecule has 0 saturated heterocycles. The van der Waals surface area contributed by atoms with Crippen molar-refractivity contribution in [2.24, 2.45) is 0 Å². The third-order valence-corrected chi connectivity index (χ3v) is 23.1. The van der Waals surface area contributed by atoms with Crippen molar-refractivity contribution in [2.45, 2.75) is 10.8 Å². The maximum absolute atomic E-state index is 7.21. The van der Waals surface area contributed by atoms with E-state index in [-0.39, 0.29) is 0 Å². The number of ether oxygens (including phenoxy) is 2. The summed E-state index contributed by atoms with van der Waals surface area (Å²) in [6.07, 6.45) is 0. The highest BCUT2D eigenvalue weighted by molar-refractivity contribution is 5.95. The third-order valence-electron chi connectivity index (χ3n) is 23.1. The van der Waals surface area contributed by atoms with Crippen LogP contribution in [-0.4, -0.2) is 19.9 Å². The summed E-state index contributed by atoms with van der Waals surface area (Å²) in [4.78, 5) is 20.9. The van der Waals surface area contributed by atoms with Crippen LogP contribution >= 0.6 is 0 Å². The molecule has 22 rings (SSSR count). The van der Waals surface area contributed by atoms with Crippen molar-refractivity contribution in [1.29, 1.82) is 0 Å². The first kappa shape index (κ1) is 62.9. The molecule has 2 aliphatic heterocycles. The fourth-order valence-electron chi connectivity index (χ4n) is 18.1. The number of hydrogen-bond acceptors (Lipinski definition) is 6. The molecule has 110 heavy (non-hydrogen) atoms. The number of benzene rings is 16. The zero-order valence-electron chi connectivity index (χ0n) is 59.6. The summed E-state index contributed by atoms with van der Waals surface area (Å²) >= 11 is 0. The van der Waals surface area contributed by atoms with E-state index in [0.29, 0.717) is 11.6 Å². The number of aromatic nitrogens is 4. The SMILES string of the molecule is c1ccc(-c2nc(-c3ccc(-c4cccc(-c5ccc6c(c5)-c5ccccc5C65c6ccccc6Oc6c(-c7ccc(-c8cc(-c9ccc%10ccccc%10c9)nc(-c9ccccc9)n8)cc7)cccc65)c4)cc3)cc(-c3ccc(-c4cccc5c4Oc4ccccc4C54c5ccccc5-c5ccccc54)cc3)n2)cc1. The van der Waals surface area contributed by atoms with E-state index in [9.17, 15) is 0 Å². The first-order chi connectivity index (χ1) is 54.5. The van der Waals surface area contributed by atoms with Gasteiger partial charge in [0.25, 0.3) is 0 Å². The molecule has 0 bridgehead atoms. The van der Waals surface area contributed by atoms with E-state index in [1.807, 2.05) is 36.4 Å². The second-order valence-electron chi connectivity index (χ2n) is 29.0. The molecule has 16 aromatic carbocycles. The molecule has 18 aromatic rings. The molecule has 6 heteroatoms. The Bertz CT molecular complexity index is 6720. The van der Waals surface area contributed by atoms with Gasteiger partial charge in [0.15, 0.2) is 11.6 Å². The van der Waals surface area contributed by atoms with Crippen LogP contribution in [0.4, 0.5) is 0 Å². The molecule has 1 unspecified atom stereocenters. The van der Waals surface area contributed by atoms with Crippen molar-refractivity contribution in [3.63, 3.8) is 0 Å². The molecule has 0 radical (unpaired) electrons. The van der Waals surface area contributed by atoms with Gasteiger partial charge in [0, 0.05) is 66.8 Å². The zero-order valence-corrected chi connectivity index (χ0v) is 59.6. The molecule has 0 N–H and O–H groups in total. The molecule has 2 spiro atoms. The summed E-state index contributed by atoms with van der Waals surface area (Å²) in [5.41, 5.74) is 31.2. The quantitative estimate of drug-likeness (QED) is 0.136. The maximum atomic E-state index is 7.21. The first-order valence-corrected chi connectivity index (χ1v) is 37.5. The minimum atomic E-state index is -0.673. The van der Waals surface area contributed by atoms with Gasteiger partial charge in [-0.1, -0.05) is 346 Å². The van der Waals surface area contributed by atoms with Gasteiger partial charge in [-0.25, -0.2) is 19.9 Å². The van der Waals surface area contributed by atoms with Gasteiger partial charge in [-0.05, 0) is 131 Å². The molecule has 512 valence electrons. The lowest BCUT2D eigenvalue weighted by atomic mass is 9.65. The standard InChI is InChI=1S/C104H64N4O2/c1-3-23-72(24-4-1)101-105-93(63-94(106-101)70-53-47-67(48-54-70)79-33-20-40-91-99(79)109-97-42-17-15-38-89(97)103(91)85-35-12-9-30-81(85)82-31-10-13-36-86(82)103)69-51-44-66(45-52-69)75-28-19-29-76(60-75)77-58-59-88-84(62-77)83-32-11-14-37-87(83)104(88)90-39-16-18-43-98(90)110-100-80(34-21-41-92(100)104)68-49-55-71(56-50-68)95-64-96(108-102(107-95)73-25-5-2-6-26-73)78-57-46-65-22-7-8-27-74(65)61-78/h1-64H. The molecule has 0 fully saturated rings. The van der Waals surface area contributed by atoms with Crippen LogP contribution in [0.15, 0.2) is 388 Å². The van der Waals surface area contributed by atoms with Crippen LogP contribution in [0.3, 0.4) is 0 Å². The van der Waals surface area contributed by atoms with E-state index in [1.165, 1.54) is 55.3 Å². The van der Waals surface area contributed by atoms with Crippen molar-refractivity contribution in [1.82, 2.24) is 19.9 Å². The van der Waals surface area contributed by atoms with Crippen LogP contribution in [0.1, 0.15) is 44.5 Å². The molecule has 2 aromatic heterocycles. The minimum absolute atomic E-state index is 0.549. The van der Waals surface area contributed by atoms with Gasteiger partial charge in [-0.2, -0.15) is 0 Å². The highest BCUT2D eigenvalue weighted by Gasteiger charge is 2.53. The van der Waals surface area contributed by atoms with E-state index in [0.717, 1.165) is 146 Å². The van der Waals surface area contributed by atoms with E-state index in [1.54, 1.807) is 0 Å². The number of hydrogen-bond donors (Lipinski definition) is 0. The van der Waals surface area contributed by atoms with Gasteiger partial charge >= 0.3 is 0 Å². The van der Waals surface area contributed by atoms with Crippen LogP contribution in [-0.2, 0) is 10.8 Å². The van der Waals surface area contributed by atoms with Crippen LogP contribution in [0.5, 0.6) is 23.0 Å². The Morgan fingerprint density at radius 1 is 0.173 bits per heavy atom. The highest BCUT2D eigenvalue weighted by atomic mass is 16.5. The minimum Gasteiger partial charge on any atom is -0.456 e. The lowest BCUT2D eigenvalue weighted by Crippen LogP contribution is -2.32. The van der Waals surface area contributed by atoms with Gasteiger partial charge in [-0.15, -0.1) is 0 Å². The second-order valence-corrected chi connectivity index (χ2v) is 29.0. The molecule has 0 amide bonds. The third kappa shape index (κ3) is 9.82. The van der Waals surface area contributed by atoms with Crippen LogP contribution in [0.25, 0.3) is 145 Å². The predicted molar refractivity (Wildman–Crippen MR) is 444 cm³/mol. The van der Waals surface area contributed by atoms with Crippen molar-refractivity contribution < 1.29 is 9.47 Å². The fourth-order valence-corrected chi connectivity index (χ4v) is 18.1. The molecule has 6 nitrogen and oxygen atoms in total. The predicted octanol–water partition coefficient (Wildman–Crippen LogP) is 26.0. The average molecular weight is 1400 g/mol. The smallest absolute Gasteiger partial charge is 0.160 e. The molecule has 4 heterocycles. The average Bonchev–Trinajstić information content (AvgIpc) is 1.50. The van der Waals surface area contributed by atoms with Crippen LogP contribution < -0.4 is 9.47 Å². The Balaban J connectivity index is 0.578. The Kier molecular flexibility index (Phi) is 14.3. The molecular formula is C104H64N4O2. The molecule has 1 atom stereocenters. The zero-order chi connectivity index (χ0) is 72.4. The van der Waals surface area contributed by atoms with Gasteiger partial charge in [0.1, 0.15) is 23.0 Å². The van der Waals surface area contributed by atoms with Gasteiger partial charge in [0.05, 0.1) is 33.6 Å². The summed E-state index contributed by atoms with van der Waals surface area (Å²) in [7, 11) is 0. The van der Waals surface area contributed by atoms with Crippen molar-refractivity contribution >= 4 is 10.8 Å². The summed E-state index contributed by atoms with van der Waals surface area (Å²) in [5, 5.41) is 2.36. The maximum Gasteiger partial charge on any atom is 0.160 e. The van der Waals surface area contributed by atoms with E-state index >= 15 is 0 Å². The topological polar surface area (TPSA) is 70.0 Å².